The predicted octanol–water partition coefficient (Wildman–Crippen LogP) is 3.03. The molecule has 0 fully saturated rings. The Morgan fingerprint density at radius 3 is 2.04 bits per heavy atom. The van der Waals surface area contributed by atoms with E-state index in [0.717, 1.165) is 5.56 Å². The zero-order valence-corrected chi connectivity index (χ0v) is 13.5. The molecule has 120 valence electrons. The summed E-state index contributed by atoms with van der Waals surface area (Å²) in [6, 6.07) is 14.4. The summed E-state index contributed by atoms with van der Waals surface area (Å²) in [5.41, 5.74) is 2.43. The lowest BCUT2D eigenvalue weighted by molar-refractivity contribution is -0.115. The zero-order chi connectivity index (χ0) is 16.7. The number of hydrogen-bond donors (Lipinski definition) is 3. The molecule has 2 aromatic rings. The van der Waals surface area contributed by atoms with E-state index in [0.29, 0.717) is 22.9 Å². The van der Waals surface area contributed by atoms with E-state index in [1.54, 1.807) is 24.3 Å². The molecule has 0 heterocycles. The Hall–Kier alpha value is -2.37. The van der Waals surface area contributed by atoms with Gasteiger partial charge in [0.2, 0.25) is 11.8 Å². The molecule has 0 saturated heterocycles. The molecule has 6 heteroatoms. The van der Waals surface area contributed by atoms with Crippen LogP contribution >= 0.6 is 11.6 Å². The molecule has 0 atom stereocenters. The fraction of sp³-hybridized carbons (Fsp3) is 0.176. The van der Waals surface area contributed by atoms with Gasteiger partial charge in [0, 0.05) is 29.9 Å². The van der Waals surface area contributed by atoms with Gasteiger partial charge < -0.3 is 16.0 Å². The summed E-state index contributed by atoms with van der Waals surface area (Å²) in [6.45, 7) is 2.24. The minimum Gasteiger partial charge on any atom is -0.326 e. The molecule has 0 saturated carbocycles. The molecule has 2 amide bonds. The lowest BCUT2D eigenvalue weighted by atomic mass is 10.2. The molecule has 0 aromatic heterocycles. The third-order valence-corrected chi connectivity index (χ3v) is 3.27. The van der Waals surface area contributed by atoms with E-state index in [2.05, 4.69) is 16.0 Å². The van der Waals surface area contributed by atoms with Crippen LogP contribution in [0.3, 0.4) is 0 Å². The summed E-state index contributed by atoms with van der Waals surface area (Å²) in [5.74, 6) is -0.264. The number of hydrogen-bond acceptors (Lipinski definition) is 3. The maximum absolute atomic E-state index is 11.9. The van der Waals surface area contributed by atoms with Crippen molar-refractivity contribution in [2.45, 2.75) is 13.5 Å². The number of nitrogens with one attached hydrogen (secondary N) is 3. The highest BCUT2D eigenvalue weighted by atomic mass is 35.5. The largest absolute Gasteiger partial charge is 0.326 e. The topological polar surface area (TPSA) is 70.2 Å². The first-order valence-electron chi connectivity index (χ1n) is 7.15. The summed E-state index contributed by atoms with van der Waals surface area (Å²) < 4.78 is 0. The third kappa shape index (κ3) is 6.10. The Morgan fingerprint density at radius 1 is 0.913 bits per heavy atom. The molecule has 0 aliphatic carbocycles. The van der Waals surface area contributed by atoms with Gasteiger partial charge in [-0.25, -0.2) is 0 Å². The molecule has 0 aliphatic rings. The lowest BCUT2D eigenvalue weighted by Crippen LogP contribution is -2.27. The Balaban J connectivity index is 1.76. The second-order valence-electron chi connectivity index (χ2n) is 5.04. The minimum atomic E-state index is -0.133. The number of halogens is 1. The molecule has 0 spiro atoms. The molecule has 0 unspecified atom stereocenters. The summed E-state index contributed by atoms with van der Waals surface area (Å²) in [6.07, 6.45) is 0. The first kappa shape index (κ1) is 17.0. The van der Waals surface area contributed by atoms with Gasteiger partial charge in [-0.1, -0.05) is 23.7 Å². The van der Waals surface area contributed by atoms with Gasteiger partial charge in [0.15, 0.2) is 0 Å². The molecule has 0 bridgehead atoms. The van der Waals surface area contributed by atoms with Crippen LogP contribution in [0.2, 0.25) is 5.02 Å². The summed E-state index contributed by atoms with van der Waals surface area (Å²) in [4.78, 5) is 22.8. The fourth-order valence-corrected chi connectivity index (χ4v) is 2.09. The predicted molar refractivity (Wildman–Crippen MR) is 92.5 cm³/mol. The van der Waals surface area contributed by atoms with Crippen LogP contribution in [-0.4, -0.2) is 18.4 Å². The second-order valence-corrected chi connectivity index (χ2v) is 5.47. The van der Waals surface area contributed by atoms with Gasteiger partial charge in [-0.3, -0.25) is 9.59 Å². The van der Waals surface area contributed by atoms with Crippen LogP contribution in [0.4, 0.5) is 11.4 Å². The Bertz CT molecular complexity index is 669. The van der Waals surface area contributed by atoms with E-state index in [-0.39, 0.29) is 18.4 Å². The summed E-state index contributed by atoms with van der Waals surface area (Å²) in [5, 5.41) is 9.21. The van der Waals surface area contributed by atoms with Gasteiger partial charge >= 0.3 is 0 Å². The van der Waals surface area contributed by atoms with Gasteiger partial charge in [-0.15, -0.1) is 0 Å². The Labute approximate surface area is 140 Å². The summed E-state index contributed by atoms with van der Waals surface area (Å²) >= 11 is 5.82. The maximum Gasteiger partial charge on any atom is 0.238 e. The first-order valence-corrected chi connectivity index (χ1v) is 7.53. The minimum absolute atomic E-state index is 0.131. The highest BCUT2D eigenvalue weighted by Gasteiger charge is 2.03. The zero-order valence-electron chi connectivity index (χ0n) is 12.7. The average Bonchev–Trinajstić information content (AvgIpc) is 2.51. The van der Waals surface area contributed by atoms with Gasteiger partial charge in [0.25, 0.3) is 0 Å². The van der Waals surface area contributed by atoms with Gasteiger partial charge in [0.1, 0.15) is 0 Å². The normalized spacial score (nSPS) is 10.2. The van der Waals surface area contributed by atoms with Crippen molar-refractivity contribution < 1.29 is 9.59 Å². The molecule has 0 radical (unpaired) electrons. The molecule has 0 aliphatic heterocycles. The standard InChI is InChI=1S/C17H18ClN3O2/c1-12(22)20-15-6-8-16(9-7-15)21-17(23)11-19-10-13-2-4-14(18)5-3-13/h2-9,19H,10-11H2,1H3,(H,20,22)(H,21,23). The van der Waals surface area contributed by atoms with Crippen LogP contribution in [0.1, 0.15) is 12.5 Å². The lowest BCUT2D eigenvalue weighted by Gasteiger charge is -2.08. The molecule has 3 N–H and O–H groups in total. The van der Waals surface area contributed by atoms with Crippen molar-refractivity contribution in [2.75, 3.05) is 17.2 Å². The SMILES string of the molecule is CC(=O)Nc1ccc(NC(=O)CNCc2ccc(Cl)cc2)cc1. The van der Waals surface area contributed by atoms with Crippen molar-refractivity contribution in [2.24, 2.45) is 0 Å². The van der Waals surface area contributed by atoms with Crippen LogP contribution < -0.4 is 16.0 Å². The van der Waals surface area contributed by atoms with E-state index < -0.39 is 0 Å². The van der Waals surface area contributed by atoms with Crippen LogP contribution in [0.25, 0.3) is 0 Å². The number of benzene rings is 2. The first-order chi connectivity index (χ1) is 11.0. The van der Waals surface area contributed by atoms with Crippen LogP contribution in [-0.2, 0) is 16.1 Å². The molecular weight excluding hydrogens is 314 g/mol. The van der Waals surface area contributed by atoms with Crippen molar-refractivity contribution in [3.63, 3.8) is 0 Å². The van der Waals surface area contributed by atoms with Gasteiger partial charge in [-0.05, 0) is 42.0 Å². The molecule has 5 nitrogen and oxygen atoms in total. The maximum atomic E-state index is 11.9. The van der Waals surface area contributed by atoms with Crippen LogP contribution in [0.15, 0.2) is 48.5 Å². The molecular formula is C17H18ClN3O2. The number of rotatable bonds is 6. The van der Waals surface area contributed by atoms with E-state index in [4.69, 9.17) is 11.6 Å². The highest BCUT2D eigenvalue weighted by Crippen LogP contribution is 2.13. The quantitative estimate of drug-likeness (QED) is 0.762. The van der Waals surface area contributed by atoms with Crippen molar-refractivity contribution in [1.82, 2.24) is 5.32 Å². The number of anilines is 2. The highest BCUT2D eigenvalue weighted by molar-refractivity contribution is 6.30. The van der Waals surface area contributed by atoms with E-state index >= 15 is 0 Å². The van der Waals surface area contributed by atoms with Crippen LogP contribution in [0.5, 0.6) is 0 Å². The van der Waals surface area contributed by atoms with Crippen molar-refractivity contribution in [3.8, 4) is 0 Å². The number of amides is 2. The van der Waals surface area contributed by atoms with E-state index in [1.807, 2.05) is 24.3 Å². The fourth-order valence-electron chi connectivity index (χ4n) is 1.97. The summed E-state index contributed by atoms with van der Waals surface area (Å²) in [7, 11) is 0. The van der Waals surface area contributed by atoms with Crippen molar-refractivity contribution in [1.29, 1.82) is 0 Å². The monoisotopic (exact) mass is 331 g/mol. The smallest absolute Gasteiger partial charge is 0.238 e. The molecule has 2 rings (SSSR count). The number of carbonyl (C=O) groups is 2. The Kier molecular flexibility index (Phi) is 6.14. The van der Waals surface area contributed by atoms with Crippen LogP contribution in [0, 0.1) is 0 Å². The third-order valence-electron chi connectivity index (χ3n) is 3.02. The Morgan fingerprint density at radius 2 is 1.48 bits per heavy atom. The van der Waals surface area contributed by atoms with Gasteiger partial charge in [0.05, 0.1) is 6.54 Å². The second kappa shape index (κ2) is 8.31. The molecule has 23 heavy (non-hydrogen) atoms. The van der Waals surface area contributed by atoms with E-state index in [1.165, 1.54) is 6.92 Å². The van der Waals surface area contributed by atoms with E-state index in [9.17, 15) is 9.59 Å². The van der Waals surface area contributed by atoms with Crippen molar-refractivity contribution >= 4 is 34.8 Å². The van der Waals surface area contributed by atoms with Crippen molar-refractivity contribution in [3.05, 3.63) is 59.1 Å². The van der Waals surface area contributed by atoms with Gasteiger partial charge in [-0.2, -0.15) is 0 Å². The molecule has 2 aromatic carbocycles. The average molecular weight is 332 g/mol. The number of carbonyl (C=O) groups excluding carboxylic acids is 2.